The predicted octanol–water partition coefficient (Wildman–Crippen LogP) is 1.47. The number of hydrogen-bond donors (Lipinski definition) is 1. The monoisotopic (exact) mass is 187 g/mol. The van der Waals surface area contributed by atoms with Crippen molar-refractivity contribution < 1.29 is 0 Å². The molecule has 0 aromatic carbocycles. The highest BCUT2D eigenvalue weighted by molar-refractivity contribution is 5.26. The van der Waals surface area contributed by atoms with Crippen LogP contribution in [0, 0.1) is 0 Å². The van der Waals surface area contributed by atoms with Crippen LogP contribution in [0.3, 0.4) is 0 Å². The summed E-state index contributed by atoms with van der Waals surface area (Å²) in [5, 5.41) is 0. The van der Waals surface area contributed by atoms with Crippen molar-refractivity contribution in [2.24, 2.45) is 12.8 Å². The summed E-state index contributed by atoms with van der Waals surface area (Å²) in [5.74, 6) is 0. The van der Waals surface area contributed by atoms with Crippen molar-refractivity contribution in [2.45, 2.75) is 6.04 Å². The molecule has 0 spiro atoms. The third-order valence-electron chi connectivity index (χ3n) is 2.37. The Balaban J connectivity index is 2.34. The summed E-state index contributed by atoms with van der Waals surface area (Å²) in [5.41, 5.74) is 8.31. The number of aromatic nitrogens is 2. The fourth-order valence-corrected chi connectivity index (χ4v) is 1.54. The molecule has 3 nitrogen and oxygen atoms in total. The van der Waals surface area contributed by atoms with Crippen LogP contribution in [0.2, 0.25) is 0 Å². The zero-order valence-corrected chi connectivity index (χ0v) is 8.09. The van der Waals surface area contributed by atoms with E-state index in [1.54, 1.807) is 12.4 Å². The quantitative estimate of drug-likeness (QED) is 0.773. The molecule has 0 amide bonds. The molecule has 1 atom stereocenters. The van der Waals surface area contributed by atoms with Crippen molar-refractivity contribution in [1.29, 1.82) is 0 Å². The Kier molecular flexibility index (Phi) is 2.33. The molecule has 72 valence electrons. The number of nitrogens with two attached hydrogens (primary N) is 1. The first-order chi connectivity index (χ1) is 6.79. The van der Waals surface area contributed by atoms with Gasteiger partial charge < -0.3 is 10.3 Å². The van der Waals surface area contributed by atoms with E-state index in [4.69, 9.17) is 5.73 Å². The van der Waals surface area contributed by atoms with Crippen LogP contribution in [0.15, 0.2) is 42.9 Å². The average molecular weight is 187 g/mol. The maximum atomic E-state index is 6.11. The number of aryl methyl sites for hydroxylation is 1. The van der Waals surface area contributed by atoms with E-state index in [0.29, 0.717) is 0 Å². The predicted molar refractivity (Wildman–Crippen MR) is 55.7 cm³/mol. The zero-order chi connectivity index (χ0) is 9.97. The highest BCUT2D eigenvalue weighted by Crippen LogP contribution is 2.18. The van der Waals surface area contributed by atoms with Crippen LogP contribution in [0.25, 0.3) is 0 Å². The molecular formula is C11H13N3. The van der Waals surface area contributed by atoms with Gasteiger partial charge in [-0.1, -0.05) is 0 Å². The number of nitrogens with zero attached hydrogens (tertiary/aromatic N) is 2. The van der Waals surface area contributed by atoms with E-state index in [2.05, 4.69) is 4.98 Å². The lowest BCUT2D eigenvalue weighted by Crippen LogP contribution is -2.15. The standard InChI is InChI=1S/C11H13N3/c1-14-8-2-3-10(14)11(12)9-4-6-13-7-5-9/h2-8,11H,12H2,1H3. The number of pyridine rings is 1. The second kappa shape index (κ2) is 3.64. The van der Waals surface area contributed by atoms with E-state index in [1.807, 2.05) is 42.1 Å². The lowest BCUT2D eigenvalue weighted by Gasteiger charge is -2.12. The van der Waals surface area contributed by atoms with E-state index in [0.717, 1.165) is 11.3 Å². The fourth-order valence-electron chi connectivity index (χ4n) is 1.54. The molecule has 0 saturated carbocycles. The van der Waals surface area contributed by atoms with Crippen molar-refractivity contribution in [3.05, 3.63) is 54.1 Å². The summed E-state index contributed by atoms with van der Waals surface area (Å²) in [7, 11) is 2.00. The largest absolute Gasteiger partial charge is 0.353 e. The summed E-state index contributed by atoms with van der Waals surface area (Å²) in [6, 6.07) is 7.84. The van der Waals surface area contributed by atoms with Crippen LogP contribution in [-0.4, -0.2) is 9.55 Å². The van der Waals surface area contributed by atoms with Crippen LogP contribution in [0.1, 0.15) is 17.3 Å². The molecule has 0 aliphatic heterocycles. The molecule has 2 aromatic rings. The minimum atomic E-state index is -0.0713. The molecule has 0 aliphatic carbocycles. The first kappa shape index (κ1) is 8.97. The molecule has 0 radical (unpaired) electrons. The van der Waals surface area contributed by atoms with Gasteiger partial charge in [0.2, 0.25) is 0 Å². The van der Waals surface area contributed by atoms with Crippen LogP contribution in [0.5, 0.6) is 0 Å². The Morgan fingerprint density at radius 3 is 2.57 bits per heavy atom. The van der Waals surface area contributed by atoms with E-state index >= 15 is 0 Å². The van der Waals surface area contributed by atoms with Crippen molar-refractivity contribution in [3.8, 4) is 0 Å². The third-order valence-corrected chi connectivity index (χ3v) is 2.37. The minimum Gasteiger partial charge on any atom is -0.353 e. The van der Waals surface area contributed by atoms with Crippen LogP contribution >= 0.6 is 0 Å². The molecule has 0 bridgehead atoms. The second-order valence-electron chi connectivity index (χ2n) is 3.30. The first-order valence-corrected chi connectivity index (χ1v) is 4.56. The molecule has 0 saturated heterocycles. The molecule has 14 heavy (non-hydrogen) atoms. The van der Waals surface area contributed by atoms with E-state index < -0.39 is 0 Å². The smallest absolute Gasteiger partial charge is 0.0707 e. The molecule has 2 rings (SSSR count). The topological polar surface area (TPSA) is 43.8 Å². The summed E-state index contributed by atoms with van der Waals surface area (Å²) in [4.78, 5) is 3.97. The van der Waals surface area contributed by atoms with E-state index in [1.165, 1.54) is 0 Å². The Morgan fingerprint density at radius 2 is 2.00 bits per heavy atom. The number of rotatable bonds is 2. The third kappa shape index (κ3) is 1.54. The van der Waals surface area contributed by atoms with Gasteiger partial charge >= 0.3 is 0 Å². The maximum absolute atomic E-state index is 6.11. The van der Waals surface area contributed by atoms with Crippen molar-refractivity contribution >= 4 is 0 Å². The van der Waals surface area contributed by atoms with Crippen molar-refractivity contribution in [1.82, 2.24) is 9.55 Å². The molecule has 2 N–H and O–H groups in total. The maximum Gasteiger partial charge on any atom is 0.0707 e. The van der Waals surface area contributed by atoms with Gasteiger partial charge in [-0.15, -0.1) is 0 Å². The van der Waals surface area contributed by atoms with Gasteiger partial charge in [0, 0.05) is 31.3 Å². The number of hydrogen-bond acceptors (Lipinski definition) is 2. The molecule has 2 aromatic heterocycles. The van der Waals surface area contributed by atoms with Crippen LogP contribution in [-0.2, 0) is 7.05 Å². The molecule has 0 aliphatic rings. The molecule has 2 heterocycles. The van der Waals surface area contributed by atoms with Gasteiger partial charge in [0.05, 0.1) is 6.04 Å². The van der Waals surface area contributed by atoms with E-state index in [-0.39, 0.29) is 6.04 Å². The molecule has 1 unspecified atom stereocenters. The Labute approximate surface area is 83.2 Å². The summed E-state index contributed by atoms with van der Waals surface area (Å²) in [6.45, 7) is 0. The fraction of sp³-hybridized carbons (Fsp3) is 0.182. The lowest BCUT2D eigenvalue weighted by molar-refractivity contribution is 0.746. The minimum absolute atomic E-state index is 0.0713. The summed E-state index contributed by atoms with van der Waals surface area (Å²) in [6.07, 6.45) is 5.52. The van der Waals surface area contributed by atoms with E-state index in [9.17, 15) is 0 Å². The highest BCUT2D eigenvalue weighted by Gasteiger charge is 2.10. The molecular weight excluding hydrogens is 174 g/mol. The summed E-state index contributed by atoms with van der Waals surface area (Å²) < 4.78 is 2.03. The van der Waals surface area contributed by atoms with Gasteiger partial charge in [0.15, 0.2) is 0 Å². The van der Waals surface area contributed by atoms with Gasteiger partial charge in [0.25, 0.3) is 0 Å². The normalized spacial score (nSPS) is 12.7. The first-order valence-electron chi connectivity index (χ1n) is 4.56. The molecule has 3 heteroatoms. The lowest BCUT2D eigenvalue weighted by atomic mass is 10.1. The highest BCUT2D eigenvalue weighted by atomic mass is 14.9. The molecule has 0 fully saturated rings. The second-order valence-corrected chi connectivity index (χ2v) is 3.30. The SMILES string of the molecule is Cn1cccc1C(N)c1ccncc1. The Bertz CT molecular complexity index is 405. The van der Waals surface area contributed by atoms with Gasteiger partial charge in [0.1, 0.15) is 0 Å². The van der Waals surface area contributed by atoms with Crippen molar-refractivity contribution in [2.75, 3.05) is 0 Å². The van der Waals surface area contributed by atoms with Crippen LogP contribution < -0.4 is 5.73 Å². The van der Waals surface area contributed by atoms with Crippen molar-refractivity contribution in [3.63, 3.8) is 0 Å². The zero-order valence-electron chi connectivity index (χ0n) is 8.09. The van der Waals surface area contributed by atoms with Gasteiger partial charge in [-0.25, -0.2) is 0 Å². The van der Waals surface area contributed by atoms with Gasteiger partial charge in [-0.3, -0.25) is 4.98 Å². The van der Waals surface area contributed by atoms with Crippen LogP contribution in [0.4, 0.5) is 0 Å². The Hall–Kier alpha value is -1.61. The Morgan fingerprint density at radius 1 is 1.29 bits per heavy atom. The average Bonchev–Trinajstić information content (AvgIpc) is 2.65. The summed E-state index contributed by atoms with van der Waals surface area (Å²) >= 11 is 0. The van der Waals surface area contributed by atoms with Gasteiger partial charge in [-0.05, 0) is 29.8 Å². The van der Waals surface area contributed by atoms with Gasteiger partial charge in [-0.2, -0.15) is 0 Å².